The smallest absolute Gasteiger partial charge is 0.229 e. The maximum absolute atomic E-state index is 10.0. The lowest BCUT2D eigenvalue weighted by molar-refractivity contribution is 0.279. The molecule has 186 valence electrons. The van der Waals surface area contributed by atoms with E-state index >= 15 is 0 Å². The first-order chi connectivity index (χ1) is 18.1. The highest BCUT2D eigenvalue weighted by Gasteiger charge is 2.36. The molecule has 0 bridgehead atoms. The number of para-hydroxylation sites is 1. The molecular weight excluding hydrogens is 464 g/mol. The summed E-state index contributed by atoms with van der Waals surface area (Å²) >= 11 is 0. The Balaban J connectivity index is 1.52. The third-order valence-electron chi connectivity index (χ3n) is 6.33. The van der Waals surface area contributed by atoms with Gasteiger partial charge in [0, 0.05) is 6.42 Å². The molecule has 1 aromatic heterocycles. The minimum atomic E-state index is -0.455. The average molecular weight is 493 g/mol. The van der Waals surface area contributed by atoms with Gasteiger partial charge in [0.1, 0.15) is 11.6 Å². The minimum absolute atomic E-state index is 0.0678. The Hall–Kier alpha value is -4.70. The van der Waals surface area contributed by atoms with Gasteiger partial charge >= 0.3 is 0 Å². The molecule has 0 saturated carbocycles. The number of hydrogen-bond donors (Lipinski definition) is 1. The molecule has 0 radical (unpaired) electrons. The molecule has 1 unspecified atom stereocenters. The lowest BCUT2D eigenvalue weighted by atomic mass is 9.84. The van der Waals surface area contributed by atoms with Crippen LogP contribution in [0.2, 0.25) is 0 Å². The Kier molecular flexibility index (Phi) is 6.82. The number of aryl methyl sites for hydroxylation is 1. The van der Waals surface area contributed by atoms with Gasteiger partial charge in [-0.15, -0.1) is 0 Å². The maximum atomic E-state index is 10.0. The maximum Gasteiger partial charge on any atom is 0.229 e. The quantitative estimate of drug-likeness (QED) is 0.353. The normalized spacial score (nSPS) is 14.5. The van der Waals surface area contributed by atoms with Crippen molar-refractivity contribution in [2.75, 3.05) is 13.2 Å². The Morgan fingerprint density at radius 1 is 1.00 bits per heavy atom. The van der Waals surface area contributed by atoms with Crippen LogP contribution >= 0.6 is 0 Å². The largest absolute Gasteiger partial charge is 0.490 e. The molecule has 0 spiro atoms. The first-order valence-corrected chi connectivity index (χ1v) is 12.3. The number of ether oxygens (including phenoxy) is 3. The molecule has 0 fully saturated rings. The van der Waals surface area contributed by atoms with Gasteiger partial charge in [-0.05, 0) is 49.2 Å². The highest BCUT2D eigenvalue weighted by Crippen LogP contribution is 2.46. The molecule has 0 saturated heterocycles. The molecule has 5 rings (SSSR count). The second-order valence-corrected chi connectivity index (χ2v) is 8.70. The van der Waals surface area contributed by atoms with Crippen LogP contribution in [0.3, 0.4) is 0 Å². The van der Waals surface area contributed by atoms with Gasteiger partial charge in [0.15, 0.2) is 11.5 Å². The molecule has 1 aliphatic heterocycles. The lowest BCUT2D eigenvalue weighted by Crippen LogP contribution is -2.22. The summed E-state index contributed by atoms with van der Waals surface area (Å²) in [5, 5.41) is 14.8. The van der Waals surface area contributed by atoms with E-state index in [9.17, 15) is 5.26 Å². The van der Waals surface area contributed by atoms with Crippen LogP contribution in [0.4, 0.5) is 0 Å². The molecule has 2 N–H and O–H groups in total. The number of aromatic nitrogens is 2. The van der Waals surface area contributed by atoms with Crippen LogP contribution in [0, 0.1) is 18.3 Å². The average Bonchev–Trinajstić information content (AvgIpc) is 3.25. The summed E-state index contributed by atoms with van der Waals surface area (Å²) in [5.74, 6) is 1.39. The van der Waals surface area contributed by atoms with Crippen LogP contribution in [0.1, 0.15) is 35.2 Å². The predicted molar refractivity (Wildman–Crippen MR) is 141 cm³/mol. The molecule has 7 heteroatoms. The second-order valence-electron chi connectivity index (χ2n) is 8.70. The van der Waals surface area contributed by atoms with Crippen molar-refractivity contribution in [3.8, 4) is 29.1 Å². The van der Waals surface area contributed by atoms with E-state index in [1.807, 2.05) is 80.6 Å². The Labute approximate surface area is 216 Å². The van der Waals surface area contributed by atoms with Crippen LogP contribution in [0.25, 0.3) is 5.69 Å². The van der Waals surface area contributed by atoms with Crippen molar-refractivity contribution in [1.82, 2.24) is 9.78 Å². The number of nitriles is 1. The van der Waals surface area contributed by atoms with Gasteiger partial charge in [-0.3, -0.25) is 0 Å². The Bertz CT molecular complexity index is 1470. The Morgan fingerprint density at radius 3 is 2.43 bits per heavy atom. The molecule has 1 atom stereocenters. The zero-order valence-corrected chi connectivity index (χ0v) is 20.8. The van der Waals surface area contributed by atoms with E-state index in [1.165, 1.54) is 5.56 Å². The van der Waals surface area contributed by atoms with E-state index in [2.05, 4.69) is 18.2 Å². The monoisotopic (exact) mass is 492 g/mol. The van der Waals surface area contributed by atoms with E-state index in [1.54, 1.807) is 4.68 Å². The molecule has 3 aromatic carbocycles. The lowest BCUT2D eigenvalue weighted by Gasteiger charge is -2.25. The Morgan fingerprint density at radius 2 is 1.73 bits per heavy atom. The molecular formula is C30H28N4O3. The van der Waals surface area contributed by atoms with Gasteiger partial charge in [-0.1, -0.05) is 54.6 Å². The molecule has 1 aliphatic rings. The van der Waals surface area contributed by atoms with Gasteiger partial charge in [-0.25, -0.2) is 4.68 Å². The van der Waals surface area contributed by atoms with Crippen molar-refractivity contribution in [3.05, 3.63) is 113 Å². The molecule has 0 amide bonds. The van der Waals surface area contributed by atoms with E-state index < -0.39 is 5.92 Å². The minimum Gasteiger partial charge on any atom is -0.490 e. The van der Waals surface area contributed by atoms with Crippen LogP contribution in [-0.4, -0.2) is 23.0 Å². The van der Waals surface area contributed by atoms with Crippen molar-refractivity contribution < 1.29 is 14.2 Å². The highest BCUT2D eigenvalue weighted by molar-refractivity contribution is 5.59. The standard InChI is InChI=1S/C30H28N4O3/c1-3-35-26-18-22(14-15-25(26)36-17-16-21-10-6-4-7-11-21)28-24(19-31)29(32)37-30-27(28)20(2)33-34(30)23-12-8-5-9-13-23/h4-15,18,28H,3,16-17,32H2,1-2H3. The summed E-state index contributed by atoms with van der Waals surface area (Å²) in [7, 11) is 0. The predicted octanol–water partition coefficient (Wildman–Crippen LogP) is 5.42. The molecule has 0 aliphatic carbocycles. The van der Waals surface area contributed by atoms with E-state index in [0.717, 1.165) is 28.9 Å². The van der Waals surface area contributed by atoms with Crippen molar-refractivity contribution in [1.29, 1.82) is 5.26 Å². The second kappa shape index (κ2) is 10.5. The van der Waals surface area contributed by atoms with Crippen molar-refractivity contribution >= 4 is 0 Å². The zero-order chi connectivity index (χ0) is 25.8. The third kappa shape index (κ3) is 4.74. The van der Waals surface area contributed by atoms with Gasteiger partial charge < -0.3 is 19.9 Å². The number of nitrogens with two attached hydrogens (primary N) is 1. The molecule has 2 heterocycles. The molecule has 37 heavy (non-hydrogen) atoms. The van der Waals surface area contributed by atoms with Crippen LogP contribution in [-0.2, 0) is 6.42 Å². The molecule has 4 aromatic rings. The SMILES string of the molecule is CCOc1cc(C2C(C#N)=C(N)Oc3c2c(C)nn3-c2ccccc2)ccc1OCCc1ccccc1. The van der Waals surface area contributed by atoms with Crippen LogP contribution in [0.15, 0.2) is 90.3 Å². The summed E-state index contributed by atoms with van der Waals surface area (Å²) in [5.41, 5.74) is 11.1. The number of hydrogen-bond acceptors (Lipinski definition) is 6. The van der Waals surface area contributed by atoms with Crippen LogP contribution in [0.5, 0.6) is 17.4 Å². The van der Waals surface area contributed by atoms with E-state index in [4.69, 9.17) is 25.0 Å². The summed E-state index contributed by atoms with van der Waals surface area (Å²) in [6.45, 7) is 4.84. The van der Waals surface area contributed by atoms with Crippen molar-refractivity contribution in [3.63, 3.8) is 0 Å². The fourth-order valence-corrected chi connectivity index (χ4v) is 4.61. The number of nitrogens with zero attached hydrogens (tertiary/aromatic N) is 3. The highest BCUT2D eigenvalue weighted by atomic mass is 16.5. The summed E-state index contributed by atoms with van der Waals surface area (Å²) < 4.78 is 19.7. The van der Waals surface area contributed by atoms with Gasteiger partial charge in [0.2, 0.25) is 11.8 Å². The first-order valence-electron chi connectivity index (χ1n) is 12.3. The topological polar surface area (TPSA) is 95.3 Å². The number of rotatable bonds is 8. The van der Waals surface area contributed by atoms with Crippen molar-refractivity contribution in [2.45, 2.75) is 26.2 Å². The van der Waals surface area contributed by atoms with Gasteiger partial charge in [-0.2, -0.15) is 10.4 Å². The number of fused-ring (bicyclic) bond motifs is 1. The molecule has 7 nitrogen and oxygen atoms in total. The number of allylic oxidation sites excluding steroid dienone is 1. The van der Waals surface area contributed by atoms with Crippen LogP contribution < -0.4 is 19.9 Å². The zero-order valence-electron chi connectivity index (χ0n) is 20.8. The fourth-order valence-electron chi connectivity index (χ4n) is 4.61. The number of benzene rings is 3. The van der Waals surface area contributed by atoms with Gasteiger partial charge in [0.25, 0.3) is 0 Å². The van der Waals surface area contributed by atoms with Crippen molar-refractivity contribution in [2.24, 2.45) is 5.73 Å². The van der Waals surface area contributed by atoms with Gasteiger partial charge in [0.05, 0.1) is 36.1 Å². The summed E-state index contributed by atoms with van der Waals surface area (Å²) in [6, 6.07) is 27.9. The van der Waals surface area contributed by atoms with E-state index in [0.29, 0.717) is 36.2 Å². The fraction of sp³-hybridized carbons (Fsp3) is 0.200. The van der Waals surface area contributed by atoms with E-state index in [-0.39, 0.29) is 5.88 Å². The first kappa shape index (κ1) is 24.0. The third-order valence-corrected chi connectivity index (χ3v) is 6.33. The summed E-state index contributed by atoms with van der Waals surface area (Å²) in [4.78, 5) is 0. The summed E-state index contributed by atoms with van der Waals surface area (Å²) in [6.07, 6.45) is 0.785.